The number of rotatable bonds is 5. The van der Waals surface area contributed by atoms with Gasteiger partial charge in [-0.05, 0) is 30.9 Å². The van der Waals surface area contributed by atoms with Gasteiger partial charge in [0.05, 0.1) is 0 Å². The van der Waals surface area contributed by atoms with E-state index in [9.17, 15) is 0 Å². The zero-order valence-corrected chi connectivity index (χ0v) is 12.0. The Balaban J connectivity index is 2.01. The molecule has 0 radical (unpaired) electrons. The summed E-state index contributed by atoms with van der Waals surface area (Å²) >= 11 is 1.86. The van der Waals surface area contributed by atoms with Crippen molar-refractivity contribution < 1.29 is 0 Å². The smallest absolute Gasteiger partial charge is 0.0480 e. The Labute approximate surface area is 115 Å². The minimum Gasteiger partial charge on any atom is -0.381 e. The molecule has 1 aliphatic carbocycles. The number of benzene rings is 1. The molecule has 0 bridgehead atoms. The first-order valence-electron chi connectivity index (χ1n) is 6.89. The largest absolute Gasteiger partial charge is 0.381 e. The van der Waals surface area contributed by atoms with Gasteiger partial charge in [0.1, 0.15) is 0 Å². The summed E-state index contributed by atoms with van der Waals surface area (Å²) < 4.78 is 0. The fraction of sp³-hybridized carbons (Fsp3) is 0.500. The fourth-order valence-corrected chi connectivity index (χ4v) is 3.40. The molecule has 0 saturated heterocycles. The van der Waals surface area contributed by atoms with Gasteiger partial charge in [-0.1, -0.05) is 38.0 Å². The topological polar surface area (TPSA) is 12.0 Å². The van der Waals surface area contributed by atoms with Crippen LogP contribution in [0, 0.1) is 5.92 Å². The van der Waals surface area contributed by atoms with Gasteiger partial charge in [-0.15, -0.1) is 18.3 Å². The lowest BCUT2D eigenvalue weighted by Gasteiger charge is -2.29. The summed E-state index contributed by atoms with van der Waals surface area (Å²) in [5.41, 5.74) is 1.29. The molecule has 1 fully saturated rings. The average molecular weight is 261 g/mol. The molecule has 1 nitrogen and oxygen atoms in total. The van der Waals surface area contributed by atoms with Gasteiger partial charge in [0.2, 0.25) is 0 Å². The van der Waals surface area contributed by atoms with Crippen LogP contribution in [0.1, 0.15) is 32.6 Å². The molecule has 18 heavy (non-hydrogen) atoms. The number of para-hydroxylation sites is 1. The summed E-state index contributed by atoms with van der Waals surface area (Å²) in [5.74, 6) is 1.84. The van der Waals surface area contributed by atoms with Crippen molar-refractivity contribution in [1.29, 1.82) is 0 Å². The van der Waals surface area contributed by atoms with Crippen molar-refractivity contribution in [3.05, 3.63) is 36.9 Å². The van der Waals surface area contributed by atoms with Crippen LogP contribution < -0.4 is 5.32 Å². The summed E-state index contributed by atoms with van der Waals surface area (Å²) in [7, 11) is 0. The molecule has 0 heterocycles. The second kappa shape index (κ2) is 6.89. The minimum atomic E-state index is 0.652. The predicted octanol–water partition coefficient (Wildman–Crippen LogP) is 4.96. The van der Waals surface area contributed by atoms with Gasteiger partial charge >= 0.3 is 0 Å². The van der Waals surface area contributed by atoms with Gasteiger partial charge in [-0.25, -0.2) is 0 Å². The molecular formula is C16H23NS. The van der Waals surface area contributed by atoms with Crippen LogP contribution in [0.4, 0.5) is 5.69 Å². The van der Waals surface area contributed by atoms with Crippen molar-refractivity contribution in [3.8, 4) is 0 Å². The molecule has 1 aromatic carbocycles. The standard InChI is InChI=1S/C16H23NS/c1-3-11-18-16-10-5-4-9-15(16)17-14-8-6-7-13(2)12-14/h3-5,9-10,13-14,17H,1,6-8,11-12H2,2H3. The van der Waals surface area contributed by atoms with Crippen LogP contribution in [-0.2, 0) is 0 Å². The van der Waals surface area contributed by atoms with Crippen molar-refractivity contribution >= 4 is 17.4 Å². The lowest BCUT2D eigenvalue weighted by atomic mass is 9.87. The number of thioether (sulfide) groups is 1. The monoisotopic (exact) mass is 261 g/mol. The zero-order chi connectivity index (χ0) is 12.8. The number of hydrogen-bond acceptors (Lipinski definition) is 2. The van der Waals surface area contributed by atoms with E-state index in [1.807, 2.05) is 17.8 Å². The lowest BCUT2D eigenvalue weighted by Crippen LogP contribution is -2.26. The highest BCUT2D eigenvalue weighted by molar-refractivity contribution is 7.99. The van der Waals surface area contributed by atoms with Gasteiger partial charge in [-0.3, -0.25) is 0 Å². The molecule has 2 rings (SSSR count). The van der Waals surface area contributed by atoms with E-state index in [-0.39, 0.29) is 0 Å². The molecular weight excluding hydrogens is 238 g/mol. The predicted molar refractivity (Wildman–Crippen MR) is 82.4 cm³/mol. The molecule has 0 amide bonds. The lowest BCUT2D eigenvalue weighted by molar-refractivity contribution is 0.358. The Morgan fingerprint density at radius 3 is 3.00 bits per heavy atom. The van der Waals surface area contributed by atoms with Crippen LogP contribution in [0.15, 0.2) is 41.8 Å². The highest BCUT2D eigenvalue weighted by atomic mass is 32.2. The van der Waals surface area contributed by atoms with E-state index in [0.717, 1.165) is 11.7 Å². The first-order chi connectivity index (χ1) is 8.79. The highest BCUT2D eigenvalue weighted by Gasteiger charge is 2.19. The minimum absolute atomic E-state index is 0.652. The zero-order valence-electron chi connectivity index (χ0n) is 11.2. The Hall–Kier alpha value is -0.890. The Morgan fingerprint density at radius 2 is 2.22 bits per heavy atom. The maximum atomic E-state index is 3.79. The number of hydrogen-bond donors (Lipinski definition) is 1. The van der Waals surface area contributed by atoms with Crippen molar-refractivity contribution in [2.45, 2.75) is 43.5 Å². The van der Waals surface area contributed by atoms with Gasteiger partial charge in [0.15, 0.2) is 0 Å². The van der Waals surface area contributed by atoms with E-state index < -0.39 is 0 Å². The van der Waals surface area contributed by atoms with Crippen LogP contribution in [-0.4, -0.2) is 11.8 Å². The SMILES string of the molecule is C=CCSc1ccccc1NC1CCCC(C)C1. The third kappa shape index (κ3) is 3.81. The van der Waals surface area contributed by atoms with Gasteiger partial charge in [0.25, 0.3) is 0 Å². The van der Waals surface area contributed by atoms with E-state index in [0.29, 0.717) is 6.04 Å². The molecule has 2 atom stereocenters. The molecule has 1 saturated carbocycles. The van der Waals surface area contributed by atoms with Crippen molar-refractivity contribution in [3.63, 3.8) is 0 Å². The van der Waals surface area contributed by atoms with E-state index in [1.54, 1.807) is 0 Å². The van der Waals surface area contributed by atoms with Crippen molar-refractivity contribution in [1.82, 2.24) is 0 Å². The third-order valence-electron chi connectivity index (χ3n) is 3.54. The maximum absolute atomic E-state index is 3.79. The maximum Gasteiger partial charge on any atom is 0.0480 e. The average Bonchev–Trinajstić information content (AvgIpc) is 2.38. The molecule has 98 valence electrons. The van der Waals surface area contributed by atoms with Gasteiger partial charge in [0, 0.05) is 22.4 Å². The van der Waals surface area contributed by atoms with Gasteiger partial charge in [-0.2, -0.15) is 0 Å². The third-order valence-corrected chi connectivity index (χ3v) is 4.61. The van der Waals surface area contributed by atoms with Crippen LogP contribution in [0.3, 0.4) is 0 Å². The van der Waals surface area contributed by atoms with Crippen molar-refractivity contribution in [2.75, 3.05) is 11.1 Å². The molecule has 1 aliphatic rings. The molecule has 0 spiro atoms. The molecule has 1 aromatic rings. The van der Waals surface area contributed by atoms with Crippen LogP contribution >= 0.6 is 11.8 Å². The molecule has 2 unspecified atom stereocenters. The van der Waals surface area contributed by atoms with E-state index in [2.05, 4.69) is 43.1 Å². The highest BCUT2D eigenvalue weighted by Crippen LogP contribution is 2.31. The molecule has 2 heteroatoms. The summed E-state index contributed by atoms with van der Waals surface area (Å²) in [6, 6.07) is 9.28. The van der Waals surface area contributed by atoms with Crippen LogP contribution in [0.25, 0.3) is 0 Å². The summed E-state index contributed by atoms with van der Waals surface area (Å²) in [6.45, 7) is 6.16. The van der Waals surface area contributed by atoms with Gasteiger partial charge < -0.3 is 5.32 Å². The first kappa shape index (κ1) is 13.5. The van der Waals surface area contributed by atoms with E-state index in [1.165, 1.54) is 36.3 Å². The Morgan fingerprint density at radius 1 is 1.39 bits per heavy atom. The summed E-state index contributed by atoms with van der Waals surface area (Å²) in [5, 5.41) is 3.73. The van der Waals surface area contributed by atoms with E-state index >= 15 is 0 Å². The molecule has 0 aromatic heterocycles. The molecule has 1 N–H and O–H groups in total. The van der Waals surface area contributed by atoms with Crippen LogP contribution in [0.5, 0.6) is 0 Å². The Kier molecular flexibility index (Phi) is 5.18. The summed E-state index contributed by atoms with van der Waals surface area (Å²) in [6.07, 6.45) is 7.33. The van der Waals surface area contributed by atoms with E-state index in [4.69, 9.17) is 0 Å². The first-order valence-corrected chi connectivity index (χ1v) is 7.87. The quantitative estimate of drug-likeness (QED) is 0.594. The number of nitrogens with one attached hydrogen (secondary N) is 1. The van der Waals surface area contributed by atoms with Crippen LogP contribution in [0.2, 0.25) is 0 Å². The normalized spacial score (nSPS) is 23.6. The fourth-order valence-electron chi connectivity index (χ4n) is 2.65. The second-order valence-corrected chi connectivity index (χ2v) is 6.27. The number of anilines is 1. The van der Waals surface area contributed by atoms with Crippen molar-refractivity contribution in [2.24, 2.45) is 5.92 Å². The molecule has 0 aliphatic heterocycles. The summed E-state index contributed by atoms with van der Waals surface area (Å²) in [4.78, 5) is 1.34. The Bertz CT molecular complexity index is 388. The second-order valence-electron chi connectivity index (χ2n) is 5.21.